The van der Waals surface area contributed by atoms with Crippen molar-refractivity contribution in [2.24, 2.45) is 11.8 Å². The van der Waals surface area contributed by atoms with Crippen LogP contribution in [0.5, 0.6) is 0 Å². The highest BCUT2D eigenvalue weighted by atomic mass is 15.2. The average Bonchev–Trinajstić information content (AvgIpc) is 2.77. The minimum absolute atomic E-state index is 0.403. The summed E-state index contributed by atoms with van der Waals surface area (Å²) in [4.78, 5) is 4.44. The number of hydrogen-bond donors (Lipinski definition) is 1. The van der Waals surface area contributed by atoms with Crippen LogP contribution in [0.15, 0.2) is 18.2 Å². The number of aromatic nitrogens is 2. The molecule has 1 saturated carbocycles. The molecule has 0 bridgehead atoms. The second kappa shape index (κ2) is 4.82. The number of imidazole rings is 1. The molecule has 4 heteroatoms. The molecule has 1 heterocycles. The molecule has 1 aromatic heterocycles. The summed E-state index contributed by atoms with van der Waals surface area (Å²) in [6, 6.07) is 8.18. The number of anilines is 1. The first-order chi connectivity index (χ1) is 9.60. The topological polar surface area (TPSA) is 67.6 Å². The largest absolute Gasteiger partial charge is 0.369 e. The van der Waals surface area contributed by atoms with Gasteiger partial charge in [0.2, 0.25) is 5.95 Å². The Morgan fingerprint density at radius 1 is 1.30 bits per heavy atom. The lowest BCUT2D eigenvalue weighted by molar-refractivity contribution is 0.215. The number of fused-ring (bicyclic) bond motifs is 1. The van der Waals surface area contributed by atoms with Crippen molar-refractivity contribution in [3.63, 3.8) is 0 Å². The second-order valence-corrected chi connectivity index (χ2v) is 6.08. The van der Waals surface area contributed by atoms with Gasteiger partial charge in [0.25, 0.3) is 0 Å². The molecular formula is C16H20N4. The van der Waals surface area contributed by atoms with Gasteiger partial charge in [-0.3, -0.25) is 0 Å². The maximum atomic E-state index is 9.07. The van der Waals surface area contributed by atoms with Crippen molar-refractivity contribution < 1.29 is 0 Å². The lowest BCUT2D eigenvalue weighted by Crippen LogP contribution is -2.24. The summed E-state index contributed by atoms with van der Waals surface area (Å²) in [6.07, 6.45) is 3.49. The molecular weight excluding hydrogens is 248 g/mol. The first-order valence-corrected chi connectivity index (χ1v) is 7.27. The van der Waals surface area contributed by atoms with Crippen LogP contribution in [-0.2, 0) is 0 Å². The Morgan fingerprint density at radius 2 is 2.10 bits per heavy atom. The molecule has 2 aromatic rings. The molecule has 0 amide bonds. The molecule has 3 unspecified atom stereocenters. The van der Waals surface area contributed by atoms with Crippen LogP contribution in [0.3, 0.4) is 0 Å². The Balaban J connectivity index is 2.06. The molecule has 1 fully saturated rings. The smallest absolute Gasteiger partial charge is 0.201 e. The van der Waals surface area contributed by atoms with Crippen LogP contribution < -0.4 is 5.73 Å². The van der Waals surface area contributed by atoms with Gasteiger partial charge >= 0.3 is 0 Å². The molecule has 0 radical (unpaired) electrons. The van der Waals surface area contributed by atoms with Gasteiger partial charge in [0, 0.05) is 6.04 Å². The molecule has 1 aliphatic rings. The summed E-state index contributed by atoms with van der Waals surface area (Å²) in [7, 11) is 0. The van der Waals surface area contributed by atoms with Crippen LogP contribution in [0, 0.1) is 23.2 Å². The van der Waals surface area contributed by atoms with Crippen molar-refractivity contribution in [3.8, 4) is 6.07 Å². The van der Waals surface area contributed by atoms with Crippen LogP contribution >= 0.6 is 0 Å². The van der Waals surface area contributed by atoms with E-state index < -0.39 is 0 Å². The van der Waals surface area contributed by atoms with Crippen molar-refractivity contribution in [2.75, 3.05) is 5.73 Å². The molecule has 0 aliphatic heterocycles. The number of rotatable bonds is 1. The summed E-state index contributed by atoms with van der Waals surface area (Å²) < 4.78 is 2.14. The van der Waals surface area contributed by atoms with E-state index in [2.05, 4.69) is 29.5 Å². The fraction of sp³-hybridized carbons (Fsp3) is 0.500. The summed E-state index contributed by atoms with van der Waals surface area (Å²) in [5, 5.41) is 9.07. The molecule has 0 saturated heterocycles. The maximum Gasteiger partial charge on any atom is 0.201 e. The molecule has 104 valence electrons. The molecule has 3 rings (SSSR count). The van der Waals surface area contributed by atoms with Crippen LogP contribution in [0.1, 0.15) is 44.7 Å². The Morgan fingerprint density at radius 3 is 2.80 bits per heavy atom. The second-order valence-electron chi connectivity index (χ2n) is 6.08. The third-order valence-electron chi connectivity index (χ3n) is 4.78. The van der Waals surface area contributed by atoms with Gasteiger partial charge in [-0.05, 0) is 49.3 Å². The molecule has 20 heavy (non-hydrogen) atoms. The summed E-state index contributed by atoms with van der Waals surface area (Å²) in [5.41, 5.74) is 8.66. The van der Waals surface area contributed by atoms with Crippen molar-refractivity contribution in [1.82, 2.24) is 9.55 Å². The quantitative estimate of drug-likeness (QED) is 0.860. The van der Waals surface area contributed by atoms with Crippen molar-refractivity contribution in [2.45, 2.75) is 39.2 Å². The van der Waals surface area contributed by atoms with Gasteiger partial charge in [-0.2, -0.15) is 5.26 Å². The molecule has 1 aromatic carbocycles. The van der Waals surface area contributed by atoms with Gasteiger partial charge in [-0.1, -0.05) is 13.8 Å². The van der Waals surface area contributed by atoms with Crippen LogP contribution in [-0.4, -0.2) is 9.55 Å². The fourth-order valence-electron chi connectivity index (χ4n) is 3.32. The zero-order chi connectivity index (χ0) is 14.3. The van der Waals surface area contributed by atoms with E-state index in [-0.39, 0.29) is 0 Å². The van der Waals surface area contributed by atoms with E-state index >= 15 is 0 Å². The Hall–Kier alpha value is -2.02. The zero-order valence-corrected chi connectivity index (χ0v) is 12.0. The van der Waals surface area contributed by atoms with Gasteiger partial charge in [-0.25, -0.2) is 4.98 Å². The number of benzene rings is 1. The van der Waals surface area contributed by atoms with Crippen molar-refractivity contribution in [1.29, 1.82) is 5.26 Å². The van der Waals surface area contributed by atoms with E-state index in [1.807, 2.05) is 12.1 Å². The Kier molecular flexibility index (Phi) is 3.13. The molecule has 0 spiro atoms. The van der Waals surface area contributed by atoms with Gasteiger partial charge < -0.3 is 10.3 Å². The third-order valence-corrected chi connectivity index (χ3v) is 4.78. The van der Waals surface area contributed by atoms with Crippen molar-refractivity contribution >= 4 is 17.0 Å². The van der Waals surface area contributed by atoms with E-state index in [9.17, 15) is 0 Å². The minimum atomic E-state index is 0.403. The van der Waals surface area contributed by atoms with E-state index in [0.717, 1.165) is 29.8 Å². The van der Waals surface area contributed by atoms with Crippen LogP contribution in [0.4, 0.5) is 5.95 Å². The van der Waals surface area contributed by atoms with Crippen LogP contribution in [0.2, 0.25) is 0 Å². The highest BCUT2D eigenvalue weighted by Gasteiger charge is 2.27. The van der Waals surface area contributed by atoms with Gasteiger partial charge in [0.05, 0.1) is 22.7 Å². The number of hydrogen-bond acceptors (Lipinski definition) is 3. The number of nitrogens with two attached hydrogens (primary N) is 1. The predicted molar refractivity (Wildman–Crippen MR) is 80.1 cm³/mol. The number of nitrogens with zero attached hydrogens (tertiary/aromatic N) is 3. The summed E-state index contributed by atoms with van der Waals surface area (Å²) in [5.74, 6) is 2.04. The lowest BCUT2D eigenvalue weighted by atomic mass is 9.79. The van der Waals surface area contributed by atoms with Crippen molar-refractivity contribution in [3.05, 3.63) is 23.8 Å². The third kappa shape index (κ3) is 2.03. The first-order valence-electron chi connectivity index (χ1n) is 7.27. The van der Waals surface area contributed by atoms with Gasteiger partial charge in [-0.15, -0.1) is 0 Å². The molecule has 2 N–H and O–H groups in total. The summed E-state index contributed by atoms with van der Waals surface area (Å²) in [6.45, 7) is 4.64. The Labute approximate surface area is 119 Å². The Bertz CT molecular complexity index is 680. The normalized spacial score (nSPS) is 26.6. The molecule has 3 atom stereocenters. The minimum Gasteiger partial charge on any atom is -0.369 e. The first kappa shape index (κ1) is 13.0. The lowest BCUT2D eigenvalue weighted by Gasteiger charge is -2.33. The van der Waals surface area contributed by atoms with E-state index in [1.165, 1.54) is 6.42 Å². The maximum absolute atomic E-state index is 9.07. The monoisotopic (exact) mass is 268 g/mol. The van der Waals surface area contributed by atoms with Gasteiger partial charge in [0.1, 0.15) is 0 Å². The SMILES string of the molecule is CC1CCC(n2c(N)nc3ccc(C#N)cc32)CC1C. The van der Waals surface area contributed by atoms with Crippen LogP contribution in [0.25, 0.3) is 11.0 Å². The van der Waals surface area contributed by atoms with Gasteiger partial charge in [0.15, 0.2) is 0 Å². The van der Waals surface area contributed by atoms with E-state index in [1.54, 1.807) is 6.07 Å². The highest BCUT2D eigenvalue weighted by Crippen LogP contribution is 2.39. The summed E-state index contributed by atoms with van der Waals surface area (Å²) >= 11 is 0. The predicted octanol–water partition coefficient (Wildman–Crippen LogP) is 3.49. The zero-order valence-electron chi connectivity index (χ0n) is 12.0. The highest BCUT2D eigenvalue weighted by molar-refractivity contribution is 5.80. The number of nitriles is 1. The van der Waals surface area contributed by atoms with E-state index in [0.29, 0.717) is 23.5 Å². The fourth-order valence-corrected chi connectivity index (χ4v) is 3.32. The average molecular weight is 268 g/mol. The number of nitrogen functional groups attached to an aromatic ring is 1. The molecule has 1 aliphatic carbocycles. The molecule has 4 nitrogen and oxygen atoms in total. The standard InChI is InChI=1S/C16H20N4/c1-10-3-5-13(7-11(10)2)20-15-8-12(9-17)4-6-14(15)19-16(20)18/h4,6,8,10-11,13H,3,5,7H2,1-2H3,(H2,18,19). The van der Waals surface area contributed by atoms with E-state index in [4.69, 9.17) is 11.0 Å².